The first kappa shape index (κ1) is 8.02. The van der Waals surface area contributed by atoms with E-state index in [1.165, 1.54) is 5.06 Å². The van der Waals surface area contributed by atoms with Crippen molar-refractivity contribution in [2.75, 3.05) is 0 Å². The average Bonchev–Trinajstić information content (AvgIpc) is 2.64. The molecule has 1 fully saturated rings. The third-order valence-electron chi connectivity index (χ3n) is 2.25. The Morgan fingerprint density at radius 2 is 2.20 bits per heavy atom. The molecule has 0 aromatic rings. The van der Waals surface area contributed by atoms with Crippen molar-refractivity contribution in [2.45, 2.75) is 45.7 Å². The standard InChI is InChI=1S/C8H16NO/c1-4-7-5-8(7)9(10)6(2)3/h6-8H,4-5H2,1-3H3/q-1. The molecule has 0 aromatic heterocycles. The summed E-state index contributed by atoms with van der Waals surface area (Å²) in [5.41, 5.74) is 0. The topological polar surface area (TPSA) is 26.3 Å². The minimum atomic E-state index is 0.168. The molecule has 2 nitrogen and oxygen atoms in total. The van der Waals surface area contributed by atoms with Gasteiger partial charge in [-0.3, -0.25) is 0 Å². The van der Waals surface area contributed by atoms with E-state index in [9.17, 15) is 5.21 Å². The lowest BCUT2D eigenvalue weighted by Crippen LogP contribution is -2.27. The molecule has 10 heavy (non-hydrogen) atoms. The van der Waals surface area contributed by atoms with Gasteiger partial charge in [0, 0.05) is 6.04 Å². The van der Waals surface area contributed by atoms with Gasteiger partial charge in [0.2, 0.25) is 0 Å². The zero-order valence-corrected chi connectivity index (χ0v) is 7.00. The molecule has 0 saturated heterocycles. The summed E-state index contributed by atoms with van der Waals surface area (Å²) in [6.07, 6.45) is 2.29. The van der Waals surface area contributed by atoms with Crippen molar-refractivity contribution < 1.29 is 0 Å². The van der Waals surface area contributed by atoms with E-state index in [0.717, 1.165) is 12.8 Å². The minimum absolute atomic E-state index is 0.168. The van der Waals surface area contributed by atoms with Crippen LogP contribution in [0.4, 0.5) is 0 Å². The molecule has 0 bridgehead atoms. The molecule has 0 aromatic carbocycles. The van der Waals surface area contributed by atoms with Crippen LogP contribution in [0.2, 0.25) is 0 Å². The van der Waals surface area contributed by atoms with E-state index >= 15 is 0 Å². The molecule has 1 aliphatic carbocycles. The van der Waals surface area contributed by atoms with E-state index in [-0.39, 0.29) is 6.04 Å². The second-order valence-electron chi connectivity index (χ2n) is 3.43. The fourth-order valence-corrected chi connectivity index (χ4v) is 1.36. The van der Waals surface area contributed by atoms with Crippen LogP contribution in [0.25, 0.3) is 0 Å². The van der Waals surface area contributed by atoms with Gasteiger partial charge in [0.05, 0.1) is 0 Å². The molecule has 2 atom stereocenters. The maximum Gasteiger partial charge on any atom is 0.000820 e. The Labute approximate surface area is 62.8 Å². The quantitative estimate of drug-likeness (QED) is 0.563. The Bertz CT molecular complexity index is 114. The van der Waals surface area contributed by atoms with E-state index < -0.39 is 0 Å². The maximum atomic E-state index is 11.2. The molecule has 60 valence electrons. The number of hydroxylamine groups is 2. The Morgan fingerprint density at radius 3 is 2.50 bits per heavy atom. The second-order valence-corrected chi connectivity index (χ2v) is 3.43. The summed E-state index contributed by atoms with van der Waals surface area (Å²) in [5, 5.41) is 12.4. The Balaban J connectivity index is 2.25. The van der Waals surface area contributed by atoms with Crippen LogP contribution in [0.15, 0.2) is 0 Å². The fraction of sp³-hybridized carbons (Fsp3) is 1.00. The second kappa shape index (κ2) is 2.89. The first-order valence-corrected chi connectivity index (χ1v) is 4.12. The van der Waals surface area contributed by atoms with Crippen LogP contribution in [0.3, 0.4) is 0 Å². The monoisotopic (exact) mass is 142 g/mol. The molecule has 0 aliphatic heterocycles. The molecule has 0 radical (unpaired) electrons. The van der Waals surface area contributed by atoms with Crippen molar-refractivity contribution in [3.63, 3.8) is 0 Å². The SMILES string of the molecule is CCC1CC1N([O-])C(C)C. The van der Waals surface area contributed by atoms with Crippen LogP contribution < -0.4 is 0 Å². The number of hydrogen-bond donors (Lipinski definition) is 0. The normalized spacial score (nSPS) is 31.8. The van der Waals surface area contributed by atoms with E-state index in [0.29, 0.717) is 12.0 Å². The van der Waals surface area contributed by atoms with Crippen molar-refractivity contribution in [3.05, 3.63) is 5.21 Å². The Morgan fingerprint density at radius 1 is 1.60 bits per heavy atom. The van der Waals surface area contributed by atoms with Crippen molar-refractivity contribution in [1.29, 1.82) is 0 Å². The maximum absolute atomic E-state index is 11.2. The zero-order chi connectivity index (χ0) is 7.72. The van der Waals surface area contributed by atoms with Crippen LogP contribution in [0, 0.1) is 11.1 Å². The van der Waals surface area contributed by atoms with Gasteiger partial charge in [0.1, 0.15) is 0 Å². The highest BCUT2D eigenvalue weighted by atomic mass is 16.5. The van der Waals surface area contributed by atoms with Gasteiger partial charge in [0.15, 0.2) is 0 Å². The van der Waals surface area contributed by atoms with Crippen LogP contribution in [-0.4, -0.2) is 17.1 Å². The van der Waals surface area contributed by atoms with E-state index in [1.54, 1.807) is 0 Å². The van der Waals surface area contributed by atoms with Gasteiger partial charge in [-0.15, -0.1) is 0 Å². The van der Waals surface area contributed by atoms with Gasteiger partial charge in [0.25, 0.3) is 0 Å². The first-order valence-electron chi connectivity index (χ1n) is 4.12. The summed E-state index contributed by atoms with van der Waals surface area (Å²) >= 11 is 0. The number of nitrogens with zero attached hydrogens (tertiary/aromatic N) is 1. The smallest absolute Gasteiger partial charge is 0.000820 e. The summed E-state index contributed by atoms with van der Waals surface area (Å²) < 4.78 is 0. The summed E-state index contributed by atoms with van der Waals surface area (Å²) in [6.45, 7) is 6.06. The molecule has 0 amide bonds. The first-order chi connectivity index (χ1) is 4.66. The molecular weight excluding hydrogens is 126 g/mol. The molecule has 0 spiro atoms. The molecule has 0 heterocycles. The van der Waals surface area contributed by atoms with Crippen molar-refractivity contribution in [1.82, 2.24) is 5.06 Å². The van der Waals surface area contributed by atoms with E-state index in [1.807, 2.05) is 13.8 Å². The van der Waals surface area contributed by atoms with Crippen LogP contribution in [0.5, 0.6) is 0 Å². The van der Waals surface area contributed by atoms with Gasteiger partial charge >= 0.3 is 0 Å². The molecular formula is C8H16NO-. The number of rotatable bonds is 3. The minimum Gasteiger partial charge on any atom is -0.785 e. The molecule has 1 aliphatic rings. The van der Waals surface area contributed by atoms with Gasteiger partial charge < -0.3 is 10.3 Å². The summed E-state index contributed by atoms with van der Waals surface area (Å²) in [5.74, 6) is 0.694. The van der Waals surface area contributed by atoms with Crippen LogP contribution in [-0.2, 0) is 0 Å². The molecule has 2 unspecified atom stereocenters. The fourth-order valence-electron chi connectivity index (χ4n) is 1.36. The van der Waals surface area contributed by atoms with Gasteiger partial charge in [-0.25, -0.2) is 0 Å². The van der Waals surface area contributed by atoms with E-state index in [2.05, 4.69) is 6.92 Å². The van der Waals surface area contributed by atoms with Crippen LogP contribution >= 0.6 is 0 Å². The lowest BCUT2D eigenvalue weighted by atomic mass is 10.3. The van der Waals surface area contributed by atoms with Gasteiger partial charge in [-0.05, 0) is 18.4 Å². The third-order valence-corrected chi connectivity index (χ3v) is 2.25. The summed E-state index contributed by atoms with van der Waals surface area (Å²) in [6, 6.07) is 0.520. The zero-order valence-electron chi connectivity index (χ0n) is 7.00. The molecule has 0 N–H and O–H groups in total. The van der Waals surface area contributed by atoms with Crippen molar-refractivity contribution >= 4 is 0 Å². The highest BCUT2D eigenvalue weighted by Gasteiger charge is 2.36. The number of hydrogen-bond acceptors (Lipinski definition) is 2. The largest absolute Gasteiger partial charge is 0.785 e. The van der Waals surface area contributed by atoms with E-state index in [4.69, 9.17) is 0 Å². The van der Waals surface area contributed by atoms with Crippen molar-refractivity contribution in [3.8, 4) is 0 Å². The molecule has 1 saturated carbocycles. The van der Waals surface area contributed by atoms with Gasteiger partial charge in [-0.2, -0.15) is 0 Å². The summed E-state index contributed by atoms with van der Waals surface area (Å²) in [4.78, 5) is 0. The van der Waals surface area contributed by atoms with Crippen molar-refractivity contribution in [2.24, 2.45) is 5.92 Å². The predicted molar refractivity (Wildman–Crippen MR) is 42.5 cm³/mol. The lowest BCUT2D eigenvalue weighted by Gasteiger charge is -2.33. The van der Waals surface area contributed by atoms with Gasteiger partial charge in [-0.1, -0.05) is 27.2 Å². The van der Waals surface area contributed by atoms with Crippen LogP contribution in [0.1, 0.15) is 33.6 Å². The molecule has 1 rings (SSSR count). The Kier molecular flexibility index (Phi) is 2.32. The average molecular weight is 142 g/mol. The Hall–Kier alpha value is -0.0800. The predicted octanol–water partition coefficient (Wildman–Crippen LogP) is 1.99. The third kappa shape index (κ3) is 1.50. The molecule has 2 heteroatoms. The highest BCUT2D eigenvalue weighted by molar-refractivity contribution is 4.95. The lowest BCUT2D eigenvalue weighted by molar-refractivity contribution is 0.288. The highest BCUT2D eigenvalue weighted by Crippen LogP contribution is 2.38. The summed E-state index contributed by atoms with van der Waals surface area (Å²) in [7, 11) is 0.